The molecule has 4 rings (SSSR count). The molecule has 2 N–H and O–H groups in total. The first kappa shape index (κ1) is 24.1. The summed E-state index contributed by atoms with van der Waals surface area (Å²) in [7, 11) is 0. The van der Waals surface area contributed by atoms with Gasteiger partial charge < -0.3 is 15.5 Å². The Bertz CT molecular complexity index is 628. The van der Waals surface area contributed by atoms with Gasteiger partial charge in [0.05, 0.1) is 0 Å². The number of aryl methyl sites for hydroxylation is 1. The molecule has 2 aliphatic heterocycles. The van der Waals surface area contributed by atoms with Gasteiger partial charge in [0, 0.05) is 43.2 Å². The second-order valence-electron chi connectivity index (χ2n) is 8.08. The molecule has 0 unspecified atom stereocenters. The molecular formula is C27H43N3. The molecule has 166 valence electrons. The van der Waals surface area contributed by atoms with Crippen LogP contribution in [0.3, 0.4) is 0 Å². The molecule has 0 aliphatic carbocycles. The van der Waals surface area contributed by atoms with Crippen molar-refractivity contribution >= 4 is 17.1 Å². The molecule has 2 aromatic carbocycles. The van der Waals surface area contributed by atoms with E-state index in [-0.39, 0.29) is 0 Å². The van der Waals surface area contributed by atoms with Crippen molar-refractivity contribution < 1.29 is 0 Å². The standard InChI is InChI=1S/C23H31N3.2C2H6/c1-18-2-6-22(7-3-18)25-14-10-19(11-15-25)20-12-16-26(17-13-20)23-8-4-21(24)5-9-23;2*1-2/h2-9,19-20H,10-17,24H2,1H3;2*1-2H3. The van der Waals surface area contributed by atoms with E-state index in [1.54, 1.807) is 0 Å². The lowest BCUT2D eigenvalue weighted by atomic mass is 9.78. The minimum absolute atomic E-state index is 0.851. The van der Waals surface area contributed by atoms with Gasteiger partial charge in [0.25, 0.3) is 0 Å². The average Bonchev–Trinajstić information content (AvgIpc) is 2.83. The van der Waals surface area contributed by atoms with Crippen LogP contribution >= 0.6 is 0 Å². The van der Waals surface area contributed by atoms with Crippen molar-refractivity contribution in [2.24, 2.45) is 11.8 Å². The summed E-state index contributed by atoms with van der Waals surface area (Å²) in [4.78, 5) is 5.09. The van der Waals surface area contributed by atoms with Crippen LogP contribution in [0, 0.1) is 18.8 Å². The van der Waals surface area contributed by atoms with Crippen molar-refractivity contribution in [3.8, 4) is 0 Å². The molecular weight excluding hydrogens is 366 g/mol. The van der Waals surface area contributed by atoms with Gasteiger partial charge in [-0.05, 0) is 80.8 Å². The highest BCUT2D eigenvalue weighted by molar-refractivity contribution is 5.53. The van der Waals surface area contributed by atoms with Gasteiger partial charge >= 0.3 is 0 Å². The number of rotatable bonds is 3. The fourth-order valence-electron chi connectivity index (χ4n) is 4.70. The number of nitrogen functional groups attached to an aromatic ring is 1. The number of piperidine rings is 2. The first-order valence-corrected chi connectivity index (χ1v) is 12.1. The maximum Gasteiger partial charge on any atom is 0.0367 e. The van der Waals surface area contributed by atoms with Gasteiger partial charge in [0.2, 0.25) is 0 Å². The molecule has 3 heteroatoms. The average molecular weight is 410 g/mol. The molecule has 2 saturated heterocycles. The summed E-state index contributed by atoms with van der Waals surface area (Å²) in [6.07, 6.45) is 5.36. The molecule has 2 heterocycles. The molecule has 0 spiro atoms. The van der Waals surface area contributed by atoms with Crippen molar-refractivity contribution in [2.75, 3.05) is 41.7 Å². The van der Waals surface area contributed by atoms with Gasteiger partial charge in [-0.2, -0.15) is 0 Å². The number of nitrogens with zero attached hydrogens (tertiary/aromatic N) is 2. The zero-order valence-electron chi connectivity index (χ0n) is 19.9. The molecule has 0 bridgehead atoms. The zero-order chi connectivity index (χ0) is 21.9. The molecule has 2 aliphatic rings. The number of hydrogen-bond donors (Lipinski definition) is 1. The Labute approximate surface area is 185 Å². The molecule has 2 fully saturated rings. The van der Waals surface area contributed by atoms with Crippen molar-refractivity contribution in [2.45, 2.75) is 60.3 Å². The van der Waals surface area contributed by atoms with E-state index in [9.17, 15) is 0 Å². The summed E-state index contributed by atoms with van der Waals surface area (Å²) >= 11 is 0. The van der Waals surface area contributed by atoms with E-state index in [0.717, 1.165) is 17.5 Å². The molecule has 0 radical (unpaired) electrons. The normalized spacial score (nSPS) is 17.5. The van der Waals surface area contributed by atoms with Crippen LogP contribution in [0.2, 0.25) is 0 Å². The Hall–Kier alpha value is -2.16. The van der Waals surface area contributed by atoms with Gasteiger partial charge in [-0.15, -0.1) is 0 Å². The lowest BCUT2D eigenvalue weighted by molar-refractivity contribution is 0.233. The minimum Gasteiger partial charge on any atom is -0.399 e. The van der Waals surface area contributed by atoms with Crippen LogP contribution in [0.5, 0.6) is 0 Å². The highest BCUT2D eigenvalue weighted by atomic mass is 15.1. The van der Waals surface area contributed by atoms with E-state index in [1.165, 1.54) is 68.8 Å². The maximum absolute atomic E-state index is 5.81. The smallest absolute Gasteiger partial charge is 0.0367 e. The molecule has 30 heavy (non-hydrogen) atoms. The van der Waals surface area contributed by atoms with Crippen molar-refractivity contribution in [3.05, 3.63) is 54.1 Å². The maximum atomic E-state index is 5.81. The summed E-state index contributed by atoms with van der Waals surface area (Å²) in [6.45, 7) is 15.0. The van der Waals surface area contributed by atoms with Crippen LogP contribution in [0.15, 0.2) is 48.5 Å². The van der Waals surface area contributed by atoms with Crippen LogP contribution < -0.4 is 15.5 Å². The van der Waals surface area contributed by atoms with Crippen molar-refractivity contribution in [1.29, 1.82) is 0 Å². The molecule has 2 aromatic rings. The summed E-state index contributed by atoms with van der Waals surface area (Å²) in [5.41, 5.74) is 10.7. The first-order valence-electron chi connectivity index (χ1n) is 12.1. The predicted molar refractivity (Wildman–Crippen MR) is 135 cm³/mol. The van der Waals surface area contributed by atoms with Crippen LogP contribution in [0.1, 0.15) is 58.9 Å². The van der Waals surface area contributed by atoms with E-state index < -0.39 is 0 Å². The minimum atomic E-state index is 0.851. The third-order valence-electron chi connectivity index (χ3n) is 6.40. The zero-order valence-corrected chi connectivity index (χ0v) is 19.9. The van der Waals surface area contributed by atoms with Crippen LogP contribution in [0.4, 0.5) is 17.1 Å². The molecule has 0 atom stereocenters. The number of benzene rings is 2. The summed E-state index contributed by atoms with van der Waals surface area (Å²) < 4.78 is 0. The molecule has 0 amide bonds. The quantitative estimate of drug-likeness (QED) is 0.568. The Morgan fingerprint density at radius 1 is 0.600 bits per heavy atom. The van der Waals surface area contributed by atoms with Crippen LogP contribution in [-0.2, 0) is 0 Å². The second-order valence-corrected chi connectivity index (χ2v) is 8.08. The summed E-state index contributed by atoms with van der Waals surface area (Å²) in [5, 5.41) is 0. The van der Waals surface area contributed by atoms with E-state index in [4.69, 9.17) is 5.73 Å². The van der Waals surface area contributed by atoms with Gasteiger partial charge in [0.15, 0.2) is 0 Å². The van der Waals surface area contributed by atoms with E-state index in [2.05, 4.69) is 53.1 Å². The first-order chi connectivity index (χ1) is 14.7. The Balaban J connectivity index is 0.000000757. The SMILES string of the molecule is CC.CC.Cc1ccc(N2CCC(C3CCN(c4ccc(N)cc4)CC3)CC2)cc1. The van der Waals surface area contributed by atoms with Gasteiger partial charge in [-0.25, -0.2) is 0 Å². The van der Waals surface area contributed by atoms with Gasteiger partial charge in [0.1, 0.15) is 0 Å². The highest BCUT2D eigenvalue weighted by Gasteiger charge is 2.29. The lowest BCUT2D eigenvalue weighted by Crippen LogP contribution is -2.40. The third-order valence-corrected chi connectivity index (χ3v) is 6.40. The van der Waals surface area contributed by atoms with E-state index in [1.807, 2.05) is 39.8 Å². The van der Waals surface area contributed by atoms with Gasteiger partial charge in [-0.1, -0.05) is 45.4 Å². The van der Waals surface area contributed by atoms with Crippen LogP contribution in [0.25, 0.3) is 0 Å². The molecule has 0 saturated carbocycles. The molecule has 3 nitrogen and oxygen atoms in total. The summed E-state index contributed by atoms with van der Waals surface area (Å²) in [6, 6.07) is 17.4. The van der Waals surface area contributed by atoms with E-state index in [0.29, 0.717) is 0 Å². The third kappa shape index (κ3) is 6.42. The number of hydrogen-bond acceptors (Lipinski definition) is 3. The highest BCUT2D eigenvalue weighted by Crippen LogP contribution is 2.35. The van der Waals surface area contributed by atoms with Gasteiger partial charge in [-0.3, -0.25) is 0 Å². The Morgan fingerprint density at radius 3 is 1.30 bits per heavy atom. The second kappa shape index (κ2) is 12.5. The number of anilines is 3. The fraction of sp³-hybridized carbons (Fsp3) is 0.556. The predicted octanol–water partition coefficient (Wildman–Crippen LogP) is 6.76. The Kier molecular flexibility index (Phi) is 10.1. The van der Waals surface area contributed by atoms with E-state index >= 15 is 0 Å². The largest absolute Gasteiger partial charge is 0.399 e. The van der Waals surface area contributed by atoms with Crippen molar-refractivity contribution in [1.82, 2.24) is 0 Å². The Morgan fingerprint density at radius 2 is 0.933 bits per heavy atom. The lowest BCUT2D eigenvalue weighted by Gasteiger charge is -2.41. The molecule has 0 aromatic heterocycles. The number of nitrogens with two attached hydrogens (primary N) is 1. The monoisotopic (exact) mass is 409 g/mol. The fourth-order valence-corrected chi connectivity index (χ4v) is 4.70. The van der Waals surface area contributed by atoms with Crippen LogP contribution in [-0.4, -0.2) is 26.2 Å². The topological polar surface area (TPSA) is 32.5 Å². The van der Waals surface area contributed by atoms with Crippen molar-refractivity contribution in [3.63, 3.8) is 0 Å². The summed E-state index contributed by atoms with van der Waals surface area (Å²) in [5.74, 6) is 1.81.